The highest BCUT2D eigenvalue weighted by atomic mass is 15.0. The summed E-state index contributed by atoms with van der Waals surface area (Å²) in [7, 11) is 0. The van der Waals surface area contributed by atoms with Gasteiger partial charge in [-0.05, 0) is 44.6 Å². The van der Waals surface area contributed by atoms with E-state index in [0.717, 1.165) is 12.1 Å². The van der Waals surface area contributed by atoms with Crippen molar-refractivity contribution in [2.75, 3.05) is 6.54 Å². The normalized spacial score (nSPS) is 41.8. The minimum absolute atomic E-state index is 0.550. The first-order valence-corrected chi connectivity index (χ1v) is 6.07. The molecule has 1 aliphatic carbocycles. The molecule has 0 spiro atoms. The summed E-state index contributed by atoms with van der Waals surface area (Å²) in [5.74, 6) is 0. The van der Waals surface area contributed by atoms with Crippen LogP contribution in [-0.2, 0) is 0 Å². The van der Waals surface area contributed by atoms with Crippen LogP contribution in [0.2, 0.25) is 0 Å². The largest absolute Gasteiger partial charge is 0.314 e. The zero-order valence-electron chi connectivity index (χ0n) is 9.77. The van der Waals surface area contributed by atoms with Gasteiger partial charge in [-0.1, -0.05) is 13.8 Å². The van der Waals surface area contributed by atoms with Gasteiger partial charge in [0, 0.05) is 18.1 Å². The summed E-state index contributed by atoms with van der Waals surface area (Å²) in [5.41, 5.74) is 0.550. The van der Waals surface area contributed by atoms with E-state index in [1.165, 1.54) is 32.2 Å². The molecule has 0 aromatic carbocycles. The molecule has 2 fully saturated rings. The van der Waals surface area contributed by atoms with Crippen molar-refractivity contribution in [3.05, 3.63) is 0 Å². The van der Waals surface area contributed by atoms with E-state index < -0.39 is 0 Å². The predicted molar refractivity (Wildman–Crippen MR) is 60.4 cm³/mol. The van der Waals surface area contributed by atoms with Crippen LogP contribution < -0.4 is 10.6 Å². The van der Waals surface area contributed by atoms with Gasteiger partial charge in [-0.15, -0.1) is 0 Å². The zero-order valence-corrected chi connectivity index (χ0v) is 9.77. The van der Waals surface area contributed by atoms with Gasteiger partial charge in [-0.25, -0.2) is 0 Å². The van der Waals surface area contributed by atoms with Crippen LogP contribution in [0.3, 0.4) is 0 Å². The van der Waals surface area contributed by atoms with Gasteiger partial charge in [-0.3, -0.25) is 0 Å². The Morgan fingerprint density at radius 1 is 1.29 bits per heavy atom. The molecule has 2 aliphatic rings. The smallest absolute Gasteiger partial charge is 0.0121 e. The molecule has 0 amide bonds. The summed E-state index contributed by atoms with van der Waals surface area (Å²) >= 11 is 0. The maximum Gasteiger partial charge on any atom is 0.0121 e. The second-order valence-corrected chi connectivity index (χ2v) is 5.82. The number of rotatable bonds is 2. The molecule has 1 saturated heterocycles. The highest BCUT2D eigenvalue weighted by Crippen LogP contribution is 2.40. The Bertz CT molecular complexity index is 200. The summed E-state index contributed by atoms with van der Waals surface area (Å²) in [4.78, 5) is 0. The Morgan fingerprint density at radius 2 is 2.07 bits per heavy atom. The first-order chi connectivity index (χ1) is 6.58. The molecule has 2 N–H and O–H groups in total. The minimum atomic E-state index is 0.550. The third-order valence-electron chi connectivity index (χ3n) is 4.08. The monoisotopic (exact) mass is 196 g/mol. The van der Waals surface area contributed by atoms with Gasteiger partial charge < -0.3 is 10.6 Å². The predicted octanol–water partition coefficient (Wildman–Crippen LogP) is 1.91. The van der Waals surface area contributed by atoms with Crippen LogP contribution in [-0.4, -0.2) is 24.7 Å². The van der Waals surface area contributed by atoms with Gasteiger partial charge >= 0.3 is 0 Å². The molecule has 2 rings (SSSR count). The lowest BCUT2D eigenvalue weighted by molar-refractivity contribution is 0.0901. The molecule has 0 bridgehead atoms. The fourth-order valence-electron chi connectivity index (χ4n) is 2.74. The Morgan fingerprint density at radius 3 is 2.57 bits per heavy atom. The van der Waals surface area contributed by atoms with E-state index in [0.29, 0.717) is 11.5 Å². The van der Waals surface area contributed by atoms with E-state index in [2.05, 4.69) is 31.4 Å². The summed E-state index contributed by atoms with van der Waals surface area (Å²) in [6, 6.07) is 2.23. The average molecular weight is 196 g/mol. The van der Waals surface area contributed by atoms with E-state index in [4.69, 9.17) is 0 Å². The van der Waals surface area contributed by atoms with Crippen LogP contribution in [0.15, 0.2) is 0 Å². The molecule has 0 aromatic rings. The third kappa shape index (κ3) is 2.12. The Labute approximate surface area is 87.8 Å². The Kier molecular flexibility index (Phi) is 2.85. The van der Waals surface area contributed by atoms with Gasteiger partial charge in [0.2, 0.25) is 0 Å². The number of hydrogen-bond donors (Lipinski definition) is 2. The van der Waals surface area contributed by atoms with Crippen molar-refractivity contribution in [1.82, 2.24) is 10.6 Å². The molecule has 1 aliphatic heterocycles. The van der Waals surface area contributed by atoms with Crippen LogP contribution in [0.4, 0.5) is 0 Å². The SMILES string of the molecule is CC1CC(NC2CCC2(C)C)CCN1. The van der Waals surface area contributed by atoms with Crippen LogP contribution in [0, 0.1) is 5.41 Å². The third-order valence-corrected chi connectivity index (χ3v) is 4.08. The van der Waals surface area contributed by atoms with Crippen LogP contribution >= 0.6 is 0 Å². The second-order valence-electron chi connectivity index (χ2n) is 5.82. The van der Waals surface area contributed by atoms with Gasteiger partial charge in [-0.2, -0.15) is 0 Å². The highest BCUT2D eigenvalue weighted by Gasteiger charge is 2.39. The fourth-order valence-corrected chi connectivity index (χ4v) is 2.74. The summed E-state index contributed by atoms with van der Waals surface area (Å²) in [6.07, 6.45) is 5.37. The molecule has 3 unspecified atom stereocenters. The zero-order chi connectivity index (χ0) is 10.2. The first kappa shape index (κ1) is 10.4. The van der Waals surface area contributed by atoms with E-state index in [1.54, 1.807) is 0 Å². The topological polar surface area (TPSA) is 24.1 Å². The molecule has 1 saturated carbocycles. The Balaban J connectivity index is 1.79. The molecule has 2 nitrogen and oxygen atoms in total. The number of hydrogen-bond acceptors (Lipinski definition) is 2. The molecule has 2 heteroatoms. The van der Waals surface area contributed by atoms with Crippen LogP contribution in [0.1, 0.15) is 46.5 Å². The molecule has 3 atom stereocenters. The molecule has 82 valence electrons. The quantitative estimate of drug-likeness (QED) is 0.705. The van der Waals surface area contributed by atoms with Gasteiger partial charge in [0.1, 0.15) is 0 Å². The van der Waals surface area contributed by atoms with Crippen molar-refractivity contribution < 1.29 is 0 Å². The summed E-state index contributed by atoms with van der Waals surface area (Å²) < 4.78 is 0. The molecule has 0 aromatic heterocycles. The maximum atomic E-state index is 3.84. The minimum Gasteiger partial charge on any atom is -0.314 e. The fraction of sp³-hybridized carbons (Fsp3) is 1.00. The number of piperidine rings is 1. The number of nitrogens with one attached hydrogen (secondary N) is 2. The molecular weight excluding hydrogens is 172 g/mol. The lowest BCUT2D eigenvalue weighted by Gasteiger charge is -2.47. The van der Waals surface area contributed by atoms with Crippen molar-refractivity contribution in [1.29, 1.82) is 0 Å². The van der Waals surface area contributed by atoms with E-state index in [-0.39, 0.29) is 0 Å². The molecular formula is C12H24N2. The standard InChI is InChI=1S/C12H24N2/c1-9-8-10(5-7-13-9)14-11-4-6-12(11,2)3/h9-11,13-14H,4-8H2,1-3H3. The second kappa shape index (κ2) is 3.82. The van der Waals surface area contributed by atoms with Crippen molar-refractivity contribution in [3.8, 4) is 0 Å². The van der Waals surface area contributed by atoms with Gasteiger partial charge in [0.15, 0.2) is 0 Å². The van der Waals surface area contributed by atoms with Crippen molar-refractivity contribution in [3.63, 3.8) is 0 Å². The van der Waals surface area contributed by atoms with Crippen molar-refractivity contribution in [2.45, 2.75) is 64.6 Å². The molecule has 14 heavy (non-hydrogen) atoms. The molecule has 1 heterocycles. The van der Waals surface area contributed by atoms with Crippen molar-refractivity contribution >= 4 is 0 Å². The Hall–Kier alpha value is -0.0800. The lowest BCUT2D eigenvalue weighted by atomic mass is 9.67. The van der Waals surface area contributed by atoms with E-state index >= 15 is 0 Å². The first-order valence-electron chi connectivity index (χ1n) is 6.07. The van der Waals surface area contributed by atoms with Crippen LogP contribution in [0.5, 0.6) is 0 Å². The average Bonchev–Trinajstić information content (AvgIpc) is 2.13. The molecule has 0 radical (unpaired) electrons. The van der Waals surface area contributed by atoms with Gasteiger partial charge in [0.25, 0.3) is 0 Å². The van der Waals surface area contributed by atoms with Crippen molar-refractivity contribution in [2.24, 2.45) is 5.41 Å². The highest BCUT2D eigenvalue weighted by molar-refractivity contribution is 4.96. The lowest BCUT2D eigenvalue weighted by Crippen LogP contribution is -2.56. The van der Waals surface area contributed by atoms with Crippen LogP contribution in [0.25, 0.3) is 0 Å². The summed E-state index contributed by atoms with van der Waals surface area (Å²) in [6.45, 7) is 8.25. The van der Waals surface area contributed by atoms with E-state index in [9.17, 15) is 0 Å². The summed E-state index contributed by atoms with van der Waals surface area (Å²) in [5, 5.41) is 7.34. The maximum absolute atomic E-state index is 3.84. The van der Waals surface area contributed by atoms with Gasteiger partial charge in [0.05, 0.1) is 0 Å². The van der Waals surface area contributed by atoms with E-state index in [1.807, 2.05) is 0 Å².